The number of anilines is 4. The van der Waals surface area contributed by atoms with Gasteiger partial charge in [-0.15, -0.1) is 0 Å². The summed E-state index contributed by atoms with van der Waals surface area (Å²) in [6, 6.07) is 18.5. The number of aromatic nitrogens is 4. The van der Waals surface area contributed by atoms with Crippen molar-refractivity contribution in [1.82, 2.24) is 19.7 Å². The highest BCUT2D eigenvalue weighted by atomic mass is 15.3. The van der Waals surface area contributed by atoms with Crippen molar-refractivity contribution in [1.29, 1.82) is 5.26 Å². The predicted molar refractivity (Wildman–Crippen MR) is 148 cm³/mol. The van der Waals surface area contributed by atoms with E-state index in [1.165, 1.54) is 12.8 Å². The Hall–Kier alpha value is -4.38. The van der Waals surface area contributed by atoms with Gasteiger partial charge >= 0.3 is 0 Å². The topological polar surface area (TPSA) is 109 Å². The molecule has 2 aromatic heterocycles. The van der Waals surface area contributed by atoms with E-state index in [2.05, 4.69) is 44.6 Å². The molecule has 0 bridgehead atoms. The zero-order chi connectivity index (χ0) is 25.8. The lowest BCUT2D eigenvalue weighted by molar-refractivity contribution is 0.315. The van der Waals surface area contributed by atoms with Gasteiger partial charge < -0.3 is 16.0 Å². The van der Waals surface area contributed by atoms with E-state index in [-0.39, 0.29) is 6.04 Å². The van der Waals surface area contributed by atoms with E-state index in [0.29, 0.717) is 18.3 Å². The third kappa shape index (κ3) is 5.41. The quantitative estimate of drug-likeness (QED) is 0.288. The fourth-order valence-electron chi connectivity index (χ4n) is 5.14. The summed E-state index contributed by atoms with van der Waals surface area (Å²) in [5.41, 5.74) is 12.4. The fourth-order valence-corrected chi connectivity index (χ4v) is 5.14. The molecule has 5 rings (SSSR count). The summed E-state index contributed by atoms with van der Waals surface area (Å²) in [6.45, 7) is 0. The van der Waals surface area contributed by atoms with Crippen LogP contribution >= 0.6 is 0 Å². The van der Waals surface area contributed by atoms with Crippen molar-refractivity contribution in [2.24, 2.45) is 5.92 Å². The molecular formula is C29H32N8. The van der Waals surface area contributed by atoms with Crippen molar-refractivity contribution in [2.45, 2.75) is 38.1 Å². The number of nitrogens with zero attached hydrogens (tertiary/aromatic N) is 6. The van der Waals surface area contributed by atoms with Gasteiger partial charge in [-0.1, -0.05) is 31.0 Å². The molecule has 1 aliphatic carbocycles. The minimum atomic E-state index is 0.111. The Kier molecular flexibility index (Phi) is 7.04. The first kappa shape index (κ1) is 24.3. The molecule has 1 unspecified atom stereocenters. The van der Waals surface area contributed by atoms with E-state index in [0.717, 1.165) is 52.3 Å². The summed E-state index contributed by atoms with van der Waals surface area (Å²) in [7, 11) is 4.02. The number of nitriles is 1. The molecule has 0 aliphatic heterocycles. The van der Waals surface area contributed by atoms with E-state index < -0.39 is 0 Å². The number of hydrogen-bond acceptors (Lipinski definition) is 7. The number of nitrogens with one attached hydrogen (secondary N) is 1. The highest BCUT2D eigenvalue weighted by Gasteiger charge is 2.27. The van der Waals surface area contributed by atoms with Crippen LogP contribution in [0.5, 0.6) is 0 Å². The average Bonchev–Trinajstić information content (AvgIpc) is 3.61. The van der Waals surface area contributed by atoms with Crippen molar-refractivity contribution >= 4 is 23.0 Å². The van der Waals surface area contributed by atoms with Crippen LogP contribution in [0.2, 0.25) is 0 Å². The van der Waals surface area contributed by atoms with Gasteiger partial charge in [-0.2, -0.15) is 10.4 Å². The molecule has 1 saturated carbocycles. The van der Waals surface area contributed by atoms with E-state index in [1.54, 1.807) is 6.20 Å². The monoisotopic (exact) mass is 492 g/mol. The summed E-state index contributed by atoms with van der Waals surface area (Å²) in [6.07, 6.45) is 10.9. The molecule has 37 heavy (non-hydrogen) atoms. The molecule has 8 nitrogen and oxygen atoms in total. The van der Waals surface area contributed by atoms with Gasteiger partial charge in [0.1, 0.15) is 0 Å². The summed E-state index contributed by atoms with van der Waals surface area (Å²) in [5.74, 6) is 1.01. The SMILES string of the molecule is CN(C)c1ccc(-c2ccc(N)cc2)cc1Nc1nccc(-c2cnn(C(CC#N)C3CCCC3)c2)n1. The maximum atomic E-state index is 9.40. The van der Waals surface area contributed by atoms with Gasteiger partial charge in [-0.25, -0.2) is 9.97 Å². The van der Waals surface area contributed by atoms with E-state index in [1.807, 2.05) is 61.5 Å². The van der Waals surface area contributed by atoms with Crippen LogP contribution in [-0.2, 0) is 0 Å². The van der Waals surface area contributed by atoms with Crippen LogP contribution in [0.4, 0.5) is 23.0 Å². The van der Waals surface area contributed by atoms with Gasteiger partial charge in [-0.3, -0.25) is 4.68 Å². The van der Waals surface area contributed by atoms with Gasteiger partial charge in [0.2, 0.25) is 5.95 Å². The van der Waals surface area contributed by atoms with Crippen molar-refractivity contribution in [3.63, 3.8) is 0 Å². The lowest BCUT2D eigenvalue weighted by atomic mass is 9.96. The van der Waals surface area contributed by atoms with Crippen LogP contribution in [0.25, 0.3) is 22.4 Å². The lowest BCUT2D eigenvalue weighted by Crippen LogP contribution is -2.17. The van der Waals surface area contributed by atoms with Crippen LogP contribution in [0.3, 0.4) is 0 Å². The Labute approximate surface area is 217 Å². The molecule has 2 heterocycles. The maximum Gasteiger partial charge on any atom is 0.227 e. The van der Waals surface area contributed by atoms with E-state index in [9.17, 15) is 5.26 Å². The third-order valence-corrected chi connectivity index (χ3v) is 7.11. The Bertz CT molecular complexity index is 1390. The first-order chi connectivity index (χ1) is 18.0. The van der Waals surface area contributed by atoms with Crippen LogP contribution < -0.4 is 16.0 Å². The molecule has 1 fully saturated rings. The zero-order valence-electron chi connectivity index (χ0n) is 21.3. The number of benzene rings is 2. The zero-order valence-corrected chi connectivity index (χ0v) is 21.3. The third-order valence-electron chi connectivity index (χ3n) is 7.11. The van der Waals surface area contributed by atoms with Gasteiger partial charge in [0.05, 0.1) is 41.8 Å². The van der Waals surface area contributed by atoms with Gasteiger partial charge in [0, 0.05) is 37.7 Å². The molecule has 0 amide bonds. The van der Waals surface area contributed by atoms with Crippen LogP contribution in [-0.4, -0.2) is 33.8 Å². The van der Waals surface area contributed by atoms with Crippen molar-refractivity contribution in [3.8, 4) is 28.5 Å². The molecule has 0 saturated heterocycles. The molecule has 4 aromatic rings. The molecule has 1 atom stereocenters. The van der Waals surface area contributed by atoms with Crippen LogP contribution in [0.1, 0.15) is 38.1 Å². The first-order valence-corrected chi connectivity index (χ1v) is 12.7. The molecule has 0 radical (unpaired) electrons. The second kappa shape index (κ2) is 10.7. The Morgan fingerprint density at radius 1 is 1.08 bits per heavy atom. The second-order valence-electron chi connectivity index (χ2n) is 9.82. The normalized spacial score (nSPS) is 14.3. The van der Waals surface area contributed by atoms with Gasteiger partial charge in [-0.05, 0) is 60.2 Å². The molecule has 188 valence electrons. The number of nitrogens with two attached hydrogens (primary N) is 1. The van der Waals surface area contributed by atoms with E-state index in [4.69, 9.17) is 10.7 Å². The standard InChI is InChI=1S/C29H32N8/c1-36(2)28-12-9-22(20-7-10-24(31)11-8-20)17-26(28)35-29-32-16-14-25(34-29)23-18-33-37(19-23)27(13-15-30)21-5-3-4-6-21/h7-12,14,16-19,21,27H,3-6,13,31H2,1-2H3,(H,32,34,35). The number of rotatable bonds is 8. The number of nitrogen functional groups attached to an aromatic ring is 1. The van der Waals surface area contributed by atoms with Crippen LogP contribution in [0.15, 0.2) is 67.1 Å². The summed E-state index contributed by atoms with van der Waals surface area (Å²) in [4.78, 5) is 11.3. The second-order valence-corrected chi connectivity index (χ2v) is 9.82. The van der Waals surface area contributed by atoms with Gasteiger partial charge in [0.25, 0.3) is 0 Å². The molecule has 2 aromatic carbocycles. The smallest absolute Gasteiger partial charge is 0.227 e. The Balaban J connectivity index is 1.42. The van der Waals surface area contributed by atoms with Crippen molar-refractivity contribution < 1.29 is 0 Å². The highest BCUT2D eigenvalue weighted by molar-refractivity contribution is 5.80. The predicted octanol–water partition coefficient (Wildman–Crippen LogP) is 6.04. The Morgan fingerprint density at radius 3 is 2.57 bits per heavy atom. The minimum Gasteiger partial charge on any atom is -0.399 e. The molecule has 3 N–H and O–H groups in total. The maximum absolute atomic E-state index is 9.40. The minimum absolute atomic E-state index is 0.111. The van der Waals surface area contributed by atoms with E-state index >= 15 is 0 Å². The highest BCUT2D eigenvalue weighted by Crippen LogP contribution is 2.37. The van der Waals surface area contributed by atoms with Crippen LogP contribution in [0, 0.1) is 17.2 Å². The largest absolute Gasteiger partial charge is 0.399 e. The lowest BCUT2D eigenvalue weighted by Gasteiger charge is -2.21. The first-order valence-electron chi connectivity index (χ1n) is 12.7. The molecule has 1 aliphatic rings. The Morgan fingerprint density at radius 2 is 1.84 bits per heavy atom. The molecular weight excluding hydrogens is 460 g/mol. The van der Waals surface area contributed by atoms with Crippen molar-refractivity contribution in [3.05, 3.63) is 67.1 Å². The fraction of sp³-hybridized carbons (Fsp3) is 0.310. The van der Waals surface area contributed by atoms with Gasteiger partial charge in [0.15, 0.2) is 0 Å². The summed E-state index contributed by atoms with van der Waals surface area (Å²) >= 11 is 0. The molecule has 8 heteroatoms. The molecule has 0 spiro atoms. The summed E-state index contributed by atoms with van der Waals surface area (Å²) < 4.78 is 1.96. The average molecular weight is 493 g/mol. The number of hydrogen-bond donors (Lipinski definition) is 2. The summed E-state index contributed by atoms with van der Waals surface area (Å²) in [5, 5.41) is 17.4. The van der Waals surface area contributed by atoms with Crippen molar-refractivity contribution in [2.75, 3.05) is 30.0 Å².